The van der Waals surface area contributed by atoms with Crippen molar-refractivity contribution >= 4 is 17.5 Å². The van der Waals surface area contributed by atoms with E-state index >= 15 is 0 Å². The highest BCUT2D eigenvalue weighted by atomic mass is 16.2. The van der Waals surface area contributed by atoms with Gasteiger partial charge in [0, 0.05) is 24.5 Å². The molecule has 1 saturated heterocycles. The average Bonchev–Trinajstić information content (AvgIpc) is 3.03. The van der Waals surface area contributed by atoms with Crippen molar-refractivity contribution in [2.75, 3.05) is 11.4 Å². The number of nitriles is 1. The molecule has 0 bridgehead atoms. The van der Waals surface area contributed by atoms with E-state index in [1.54, 1.807) is 42.3 Å². The summed E-state index contributed by atoms with van der Waals surface area (Å²) in [5.41, 5.74) is 1.23. The molecule has 1 saturated carbocycles. The number of benzene rings is 1. The first-order chi connectivity index (χ1) is 14.0. The molecule has 0 radical (unpaired) electrons. The van der Waals surface area contributed by atoms with E-state index in [0.29, 0.717) is 30.0 Å². The highest BCUT2D eigenvalue weighted by Crippen LogP contribution is 2.46. The summed E-state index contributed by atoms with van der Waals surface area (Å²) in [6.07, 6.45) is 5.56. The maximum absolute atomic E-state index is 13.3. The highest BCUT2D eigenvalue weighted by Gasteiger charge is 2.49. The minimum Gasteiger partial charge on any atom is -0.348 e. The second-order valence-corrected chi connectivity index (χ2v) is 7.91. The SMILES string of the molecule is Cc1nccc(C(=O)NC2CCCC3(CCN(c4cccc(C#N)c4)C3=O)C2)n1. The molecule has 1 N–H and O–H groups in total. The van der Waals surface area contributed by atoms with Crippen LogP contribution in [-0.2, 0) is 4.79 Å². The number of rotatable bonds is 3. The average molecular weight is 389 g/mol. The Hall–Kier alpha value is -3.27. The molecule has 4 rings (SSSR count). The molecule has 148 valence electrons. The van der Waals surface area contributed by atoms with Crippen molar-refractivity contribution in [3.05, 3.63) is 53.6 Å². The van der Waals surface area contributed by atoms with Crippen LogP contribution in [0.25, 0.3) is 0 Å². The van der Waals surface area contributed by atoms with Crippen molar-refractivity contribution in [2.24, 2.45) is 5.41 Å². The van der Waals surface area contributed by atoms with Crippen LogP contribution in [0.2, 0.25) is 0 Å². The molecule has 2 aromatic rings. The molecule has 1 aliphatic heterocycles. The summed E-state index contributed by atoms with van der Waals surface area (Å²) in [6.45, 7) is 2.39. The topological polar surface area (TPSA) is 99.0 Å². The normalized spacial score (nSPS) is 23.8. The van der Waals surface area contributed by atoms with E-state index in [1.807, 2.05) is 6.07 Å². The number of anilines is 1. The third kappa shape index (κ3) is 3.70. The molecule has 7 heteroatoms. The fourth-order valence-electron chi connectivity index (χ4n) is 4.56. The maximum Gasteiger partial charge on any atom is 0.270 e. The van der Waals surface area contributed by atoms with E-state index in [4.69, 9.17) is 5.26 Å². The maximum atomic E-state index is 13.3. The third-order valence-corrected chi connectivity index (χ3v) is 5.99. The Morgan fingerprint density at radius 2 is 2.21 bits per heavy atom. The lowest BCUT2D eigenvalue weighted by molar-refractivity contribution is -0.127. The lowest BCUT2D eigenvalue weighted by Gasteiger charge is -2.36. The Labute approximate surface area is 169 Å². The van der Waals surface area contributed by atoms with Crippen LogP contribution < -0.4 is 10.2 Å². The second kappa shape index (κ2) is 7.63. The van der Waals surface area contributed by atoms with Gasteiger partial charge in [-0.3, -0.25) is 9.59 Å². The molecule has 2 aliphatic rings. The van der Waals surface area contributed by atoms with Crippen molar-refractivity contribution in [3.8, 4) is 6.07 Å². The summed E-state index contributed by atoms with van der Waals surface area (Å²) in [5, 5.41) is 12.2. The van der Waals surface area contributed by atoms with Crippen LogP contribution >= 0.6 is 0 Å². The molecule has 2 atom stereocenters. The van der Waals surface area contributed by atoms with Gasteiger partial charge < -0.3 is 10.2 Å². The van der Waals surface area contributed by atoms with Crippen molar-refractivity contribution in [2.45, 2.75) is 45.1 Å². The molecule has 1 aliphatic carbocycles. The molecule has 2 fully saturated rings. The van der Waals surface area contributed by atoms with Crippen LogP contribution in [0.3, 0.4) is 0 Å². The van der Waals surface area contributed by atoms with E-state index in [0.717, 1.165) is 31.4 Å². The van der Waals surface area contributed by atoms with Crippen LogP contribution in [-0.4, -0.2) is 34.4 Å². The number of nitrogens with zero attached hydrogens (tertiary/aromatic N) is 4. The summed E-state index contributed by atoms with van der Waals surface area (Å²) >= 11 is 0. The van der Waals surface area contributed by atoms with Crippen molar-refractivity contribution in [1.29, 1.82) is 5.26 Å². The van der Waals surface area contributed by atoms with Crippen LogP contribution in [0.5, 0.6) is 0 Å². The van der Waals surface area contributed by atoms with Gasteiger partial charge in [0.05, 0.1) is 17.0 Å². The van der Waals surface area contributed by atoms with Gasteiger partial charge in [0.15, 0.2) is 0 Å². The molecular formula is C22H23N5O2. The minimum atomic E-state index is -0.444. The van der Waals surface area contributed by atoms with Crippen LogP contribution in [0.1, 0.15) is 54.0 Å². The fourth-order valence-corrected chi connectivity index (χ4v) is 4.56. The number of aromatic nitrogens is 2. The Balaban J connectivity index is 1.48. The molecule has 2 unspecified atom stereocenters. The predicted molar refractivity (Wildman–Crippen MR) is 107 cm³/mol. The summed E-state index contributed by atoms with van der Waals surface area (Å²) in [6, 6.07) is 10.9. The fraction of sp³-hybridized carbons (Fsp3) is 0.409. The van der Waals surface area contributed by atoms with Gasteiger partial charge in [-0.05, 0) is 56.9 Å². The highest BCUT2D eigenvalue weighted by molar-refractivity contribution is 6.00. The first-order valence-electron chi connectivity index (χ1n) is 9.93. The van der Waals surface area contributed by atoms with Gasteiger partial charge >= 0.3 is 0 Å². The van der Waals surface area contributed by atoms with Gasteiger partial charge in [0.2, 0.25) is 5.91 Å². The van der Waals surface area contributed by atoms with Gasteiger partial charge in [-0.2, -0.15) is 5.26 Å². The van der Waals surface area contributed by atoms with E-state index in [9.17, 15) is 9.59 Å². The van der Waals surface area contributed by atoms with E-state index in [1.165, 1.54) is 0 Å². The molecule has 1 aromatic heterocycles. The van der Waals surface area contributed by atoms with Crippen LogP contribution in [0, 0.1) is 23.7 Å². The Morgan fingerprint density at radius 1 is 1.34 bits per heavy atom. The smallest absolute Gasteiger partial charge is 0.270 e. The first-order valence-corrected chi connectivity index (χ1v) is 9.93. The summed E-state index contributed by atoms with van der Waals surface area (Å²) in [4.78, 5) is 35.9. The summed E-state index contributed by atoms with van der Waals surface area (Å²) < 4.78 is 0. The zero-order valence-corrected chi connectivity index (χ0v) is 16.4. The standard InChI is InChI=1S/C22H23N5O2/c1-15-24-10-7-19(25-15)20(28)26-17-5-3-8-22(13-17)9-11-27(21(22)29)18-6-2-4-16(12-18)14-23/h2,4,6-7,10,12,17H,3,5,8-9,11,13H2,1H3,(H,26,28). The number of hydrogen-bond acceptors (Lipinski definition) is 5. The largest absolute Gasteiger partial charge is 0.348 e. The molecule has 29 heavy (non-hydrogen) atoms. The van der Waals surface area contributed by atoms with Crippen molar-refractivity contribution in [1.82, 2.24) is 15.3 Å². The van der Waals surface area contributed by atoms with Crippen molar-refractivity contribution < 1.29 is 9.59 Å². The van der Waals surface area contributed by atoms with E-state index in [-0.39, 0.29) is 17.9 Å². The number of aryl methyl sites for hydroxylation is 1. The van der Waals surface area contributed by atoms with E-state index in [2.05, 4.69) is 21.4 Å². The summed E-state index contributed by atoms with van der Waals surface area (Å²) in [7, 11) is 0. The third-order valence-electron chi connectivity index (χ3n) is 5.99. The number of amides is 2. The summed E-state index contributed by atoms with van der Waals surface area (Å²) in [5.74, 6) is 0.435. The number of hydrogen-bond donors (Lipinski definition) is 1. The first kappa shape index (κ1) is 19.1. The number of carbonyl (C=O) groups is 2. The lowest BCUT2D eigenvalue weighted by atomic mass is 9.71. The molecular weight excluding hydrogens is 366 g/mol. The Morgan fingerprint density at radius 3 is 3.00 bits per heavy atom. The monoisotopic (exact) mass is 389 g/mol. The van der Waals surface area contributed by atoms with Gasteiger partial charge in [-0.1, -0.05) is 12.5 Å². The molecule has 1 spiro atoms. The zero-order chi connectivity index (χ0) is 20.4. The molecule has 7 nitrogen and oxygen atoms in total. The molecule has 1 aromatic carbocycles. The van der Waals surface area contributed by atoms with Gasteiger partial charge in [-0.15, -0.1) is 0 Å². The Kier molecular flexibility index (Phi) is 5.01. The quantitative estimate of drug-likeness (QED) is 0.870. The molecule has 2 amide bonds. The Bertz CT molecular complexity index is 999. The van der Waals surface area contributed by atoms with Gasteiger partial charge in [0.1, 0.15) is 11.5 Å². The zero-order valence-electron chi connectivity index (χ0n) is 16.4. The van der Waals surface area contributed by atoms with Crippen molar-refractivity contribution in [3.63, 3.8) is 0 Å². The van der Waals surface area contributed by atoms with Gasteiger partial charge in [-0.25, -0.2) is 9.97 Å². The van der Waals surface area contributed by atoms with E-state index < -0.39 is 5.41 Å². The molecule has 2 heterocycles. The van der Waals surface area contributed by atoms with Crippen LogP contribution in [0.4, 0.5) is 5.69 Å². The van der Waals surface area contributed by atoms with Crippen LogP contribution in [0.15, 0.2) is 36.5 Å². The predicted octanol–water partition coefficient (Wildman–Crippen LogP) is 2.75. The number of carbonyl (C=O) groups excluding carboxylic acids is 2. The second-order valence-electron chi connectivity index (χ2n) is 7.91. The number of nitrogens with one attached hydrogen (secondary N) is 1. The minimum absolute atomic E-state index is 0.0548. The van der Waals surface area contributed by atoms with Gasteiger partial charge in [0.25, 0.3) is 5.91 Å². The lowest BCUT2D eigenvalue weighted by Crippen LogP contribution is -2.46.